The number of halogens is 3. The molecule has 2 aromatic carbocycles. The zero-order valence-electron chi connectivity index (χ0n) is 19.0. The van der Waals surface area contributed by atoms with Gasteiger partial charge in [0.25, 0.3) is 11.8 Å². The lowest BCUT2D eigenvalue weighted by Gasteiger charge is -2.34. The van der Waals surface area contributed by atoms with E-state index in [4.69, 9.17) is 0 Å². The summed E-state index contributed by atoms with van der Waals surface area (Å²) in [5.74, 6) is -1.35. The van der Waals surface area contributed by atoms with Crippen LogP contribution < -0.4 is 10.2 Å². The molecule has 0 aromatic heterocycles. The van der Waals surface area contributed by atoms with Crippen LogP contribution >= 0.6 is 0 Å². The van der Waals surface area contributed by atoms with E-state index in [-0.39, 0.29) is 41.1 Å². The van der Waals surface area contributed by atoms with E-state index < -0.39 is 23.6 Å². The molecule has 1 fully saturated rings. The Hall–Kier alpha value is -3.36. The van der Waals surface area contributed by atoms with Crippen molar-refractivity contribution >= 4 is 23.4 Å². The number of imide groups is 1. The van der Waals surface area contributed by atoms with Gasteiger partial charge in [-0.1, -0.05) is 18.2 Å². The highest BCUT2D eigenvalue weighted by Gasteiger charge is 2.40. The average Bonchev–Trinajstić information content (AvgIpc) is 3.03. The Balaban J connectivity index is 1.58. The van der Waals surface area contributed by atoms with Crippen molar-refractivity contribution in [3.8, 4) is 0 Å². The molecule has 3 amide bonds. The highest BCUT2D eigenvalue weighted by atomic mass is 19.4. The van der Waals surface area contributed by atoms with Gasteiger partial charge in [0.05, 0.1) is 34.8 Å². The van der Waals surface area contributed by atoms with E-state index in [0.29, 0.717) is 18.8 Å². The van der Waals surface area contributed by atoms with Gasteiger partial charge in [-0.05, 0) is 56.5 Å². The highest BCUT2D eigenvalue weighted by Crippen LogP contribution is 2.35. The monoisotopic (exact) mass is 473 g/mol. The Labute approximate surface area is 195 Å². The van der Waals surface area contributed by atoms with Crippen LogP contribution in [0, 0.1) is 5.92 Å². The topological polar surface area (TPSA) is 69.7 Å². The molecule has 6 nitrogen and oxygen atoms in total. The van der Waals surface area contributed by atoms with Crippen molar-refractivity contribution in [2.75, 3.05) is 18.0 Å². The quantitative estimate of drug-likeness (QED) is 0.660. The molecular weight excluding hydrogens is 447 g/mol. The number of alkyl halides is 3. The van der Waals surface area contributed by atoms with E-state index in [1.54, 1.807) is 18.2 Å². The number of carbonyl (C=O) groups excluding carboxylic acids is 3. The second-order valence-corrected chi connectivity index (χ2v) is 9.04. The minimum absolute atomic E-state index is 0.0208. The maximum atomic E-state index is 13.3. The molecule has 1 saturated heterocycles. The predicted octanol–water partition coefficient (Wildman–Crippen LogP) is 4.24. The van der Waals surface area contributed by atoms with Gasteiger partial charge in [0.15, 0.2) is 0 Å². The Kier molecular flexibility index (Phi) is 6.38. The van der Waals surface area contributed by atoms with Crippen LogP contribution in [0.3, 0.4) is 0 Å². The van der Waals surface area contributed by atoms with E-state index in [1.807, 2.05) is 18.7 Å². The maximum absolute atomic E-state index is 13.3. The van der Waals surface area contributed by atoms with Crippen LogP contribution in [0.5, 0.6) is 0 Å². The Bertz CT molecular complexity index is 1130. The van der Waals surface area contributed by atoms with Crippen molar-refractivity contribution in [2.45, 2.75) is 45.5 Å². The third-order valence-corrected chi connectivity index (χ3v) is 6.14. The van der Waals surface area contributed by atoms with Crippen LogP contribution in [0.2, 0.25) is 0 Å². The van der Waals surface area contributed by atoms with E-state index in [1.165, 1.54) is 12.1 Å². The van der Waals surface area contributed by atoms with Crippen molar-refractivity contribution in [3.63, 3.8) is 0 Å². The standard InChI is InChI=1S/C25H26F3N3O3/c1-15(2)29-22(32)17-7-5-11-30(14-17)20-10-4-9-19-21(20)24(34)31(23(19)33)13-16-6-3-8-18(12-16)25(26,27)28/h3-4,6,8-10,12,15,17H,5,7,11,13-14H2,1-2H3,(H,29,32). The van der Waals surface area contributed by atoms with Crippen molar-refractivity contribution < 1.29 is 27.6 Å². The van der Waals surface area contributed by atoms with Gasteiger partial charge in [0.1, 0.15) is 0 Å². The molecule has 0 spiro atoms. The molecule has 0 bridgehead atoms. The van der Waals surface area contributed by atoms with Gasteiger partial charge < -0.3 is 10.2 Å². The molecule has 34 heavy (non-hydrogen) atoms. The van der Waals surface area contributed by atoms with Crippen LogP contribution in [0.15, 0.2) is 42.5 Å². The molecule has 0 radical (unpaired) electrons. The van der Waals surface area contributed by atoms with Crippen LogP contribution in [-0.2, 0) is 17.5 Å². The summed E-state index contributed by atoms with van der Waals surface area (Å²) in [7, 11) is 0. The number of nitrogens with one attached hydrogen (secondary N) is 1. The second kappa shape index (κ2) is 9.12. The van der Waals surface area contributed by atoms with Gasteiger partial charge in [-0.25, -0.2) is 0 Å². The lowest BCUT2D eigenvalue weighted by Crippen LogP contribution is -2.45. The molecule has 2 heterocycles. The van der Waals surface area contributed by atoms with Crippen LogP contribution in [0.25, 0.3) is 0 Å². The first-order valence-corrected chi connectivity index (χ1v) is 11.3. The van der Waals surface area contributed by atoms with E-state index in [2.05, 4.69) is 5.32 Å². The van der Waals surface area contributed by atoms with Crippen molar-refractivity contribution in [3.05, 3.63) is 64.7 Å². The van der Waals surface area contributed by atoms with Crippen molar-refractivity contribution in [1.29, 1.82) is 0 Å². The van der Waals surface area contributed by atoms with Gasteiger partial charge in [-0.3, -0.25) is 19.3 Å². The van der Waals surface area contributed by atoms with E-state index in [0.717, 1.165) is 29.9 Å². The van der Waals surface area contributed by atoms with Crippen LogP contribution in [-0.4, -0.2) is 41.8 Å². The molecule has 2 aliphatic rings. The molecule has 1 atom stereocenters. The number of rotatable bonds is 5. The fourth-order valence-corrected chi connectivity index (χ4v) is 4.56. The van der Waals surface area contributed by atoms with Gasteiger partial charge >= 0.3 is 6.18 Å². The normalized spacial score (nSPS) is 18.5. The summed E-state index contributed by atoms with van der Waals surface area (Å²) in [6, 6.07) is 9.63. The number of hydrogen-bond acceptors (Lipinski definition) is 4. The van der Waals surface area contributed by atoms with Crippen molar-refractivity contribution in [2.24, 2.45) is 5.92 Å². The first kappa shape index (κ1) is 23.8. The lowest BCUT2D eigenvalue weighted by atomic mass is 9.95. The van der Waals surface area contributed by atoms with Gasteiger partial charge in [0, 0.05) is 19.1 Å². The summed E-state index contributed by atoms with van der Waals surface area (Å²) in [6.45, 7) is 4.59. The summed E-state index contributed by atoms with van der Waals surface area (Å²) >= 11 is 0. The number of fused-ring (bicyclic) bond motifs is 1. The first-order chi connectivity index (χ1) is 16.1. The molecule has 9 heteroatoms. The number of nitrogens with zero attached hydrogens (tertiary/aromatic N) is 2. The maximum Gasteiger partial charge on any atom is 0.416 e. The van der Waals surface area contributed by atoms with Gasteiger partial charge in [0.2, 0.25) is 5.91 Å². The summed E-state index contributed by atoms with van der Waals surface area (Å²) in [5, 5.41) is 2.93. The molecule has 0 aliphatic carbocycles. The predicted molar refractivity (Wildman–Crippen MR) is 120 cm³/mol. The molecule has 2 aromatic rings. The van der Waals surface area contributed by atoms with Gasteiger partial charge in [-0.2, -0.15) is 13.2 Å². The minimum atomic E-state index is -4.52. The van der Waals surface area contributed by atoms with Crippen LogP contribution in [0.4, 0.5) is 18.9 Å². The van der Waals surface area contributed by atoms with E-state index >= 15 is 0 Å². The molecular formula is C25H26F3N3O3. The second-order valence-electron chi connectivity index (χ2n) is 9.04. The fourth-order valence-electron chi connectivity index (χ4n) is 4.56. The highest BCUT2D eigenvalue weighted by molar-refractivity contribution is 6.23. The number of hydrogen-bond donors (Lipinski definition) is 1. The van der Waals surface area contributed by atoms with Crippen molar-refractivity contribution in [1.82, 2.24) is 10.2 Å². The SMILES string of the molecule is CC(C)NC(=O)C1CCCN(c2cccc3c2C(=O)N(Cc2cccc(C(F)(F)F)c2)C3=O)C1. The van der Waals surface area contributed by atoms with Gasteiger partial charge in [-0.15, -0.1) is 0 Å². The fraction of sp³-hybridized carbons (Fsp3) is 0.400. The molecule has 180 valence electrons. The van der Waals surface area contributed by atoms with Crippen LogP contribution in [0.1, 0.15) is 58.5 Å². The smallest absolute Gasteiger partial charge is 0.370 e. The molecule has 1 unspecified atom stereocenters. The molecule has 1 N–H and O–H groups in total. The Morgan fingerprint density at radius 3 is 2.56 bits per heavy atom. The Morgan fingerprint density at radius 2 is 1.85 bits per heavy atom. The zero-order chi connectivity index (χ0) is 24.6. The number of piperidine rings is 1. The number of benzene rings is 2. The molecule has 2 aliphatic heterocycles. The summed E-state index contributed by atoms with van der Waals surface area (Å²) < 4.78 is 39.3. The largest absolute Gasteiger partial charge is 0.416 e. The number of amides is 3. The minimum Gasteiger partial charge on any atom is -0.370 e. The lowest BCUT2D eigenvalue weighted by molar-refractivity contribution is -0.137. The molecule has 4 rings (SSSR count). The summed E-state index contributed by atoms with van der Waals surface area (Å²) in [5.41, 5.74) is 0.424. The summed E-state index contributed by atoms with van der Waals surface area (Å²) in [6.07, 6.45) is -3.02. The molecule has 0 saturated carbocycles. The number of carbonyl (C=O) groups is 3. The number of anilines is 1. The zero-order valence-corrected chi connectivity index (χ0v) is 19.0. The third-order valence-electron chi connectivity index (χ3n) is 6.14. The Morgan fingerprint density at radius 1 is 1.12 bits per heavy atom. The average molecular weight is 473 g/mol. The first-order valence-electron chi connectivity index (χ1n) is 11.3. The summed E-state index contributed by atoms with van der Waals surface area (Å²) in [4.78, 5) is 41.8. The van der Waals surface area contributed by atoms with E-state index in [9.17, 15) is 27.6 Å². The third kappa shape index (κ3) is 4.64.